The number of ether oxygens (including phenoxy) is 1. The van der Waals surface area contributed by atoms with Gasteiger partial charge in [-0.15, -0.1) is 0 Å². The normalized spacial score (nSPS) is 10.3. The summed E-state index contributed by atoms with van der Waals surface area (Å²) in [6, 6.07) is 15.4. The van der Waals surface area contributed by atoms with E-state index in [9.17, 15) is 0 Å². The topological polar surface area (TPSA) is 61.0 Å². The summed E-state index contributed by atoms with van der Waals surface area (Å²) >= 11 is 0. The Morgan fingerprint density at radius 2 is 1.33 bits per heavy atom. The third kappa shape index (κ3) is 2.84. The van der Waals surface area contributed by atoms with Crippen LogP contribution < -0.4 is 10.5 Å². The maximum atomic E-state index is 5.71. The van der Waals surface area contributed by atoms with Crippen LogP contribution in [0, 0.1) is 0 Å². The van der Waals surface area contributed by atoms with E-state index in [-0.39, 0.29) is 0 Å². The molecule has 0 bridgehead atoms. The smallest absolute Gasteiger partial charge is 0.118 e. The Kier molecular flexibility index (Phi) is 3.51. The zero-order valence-electron chi connectivity index (χ0n) is 11.7. The monoisotopic (exact) mass is 277 g/mol. The van der Waals surface area contributed by atoms with Crippen LogP contribution in [0.1, 0.15) is 0 Å². The standard InChI is InChI=1S/C17H15N3O/c1-21-15-8-4-13(5-9-15)17-11-19-10-16(20-17)12-2-6-14(18)7-3-12/h2-11H,18H2,1H3. The van der Waals surface area contributed by atoms with Gasteiger partial charge in [0, 0.05) is 16.8 Å². The van der Waals surface area contributed by atoms with Crippen LogP contribution in [0.5, 0.6) is 5.75 Å². The summed E-state index contributed by atoms with van der Waals surface area (Å²) in [5.41, 5.74) is 10.1. The maximum Gasteiger partial charge on any atom is 0.118 e. The van der Waals surface area contributed by atoms with Crippen LogP contribution in [0.25, 0.3) is 22.5 Å². The first kappa shape index (κ1) is 13.1. The lowest BCUT2D eigenvalue weighted by atomic mass is 10.1. The molecule has 0 unspecified atom stereocenters. The Morgan fingerprint density at radius 1 is 0.810 bits per heavy atom. The van der Waals surface area contributed by atoms with Crippen LogP contribution in [0.15, 0.2) is 60.9 Å². The highest BCUT2D eigenvalue weighted by molar-refractivity contribution is 5.66. The first-order chi connectivity index (χ1) is 10.3. The van der Waals surface area contributed by atoms with Gasteiger partial charge in [-0.1, -0.05) is 12.1 Å². The second kappa shape index (κ2) is 5.63. The summed E-state index contributed by atoms with van der Waals surface area (Å²) in [6.07, 6.45) is 3.50. The number of nitrogens with two attached hydrogens (primary N) is 1. The molecule has 0 fully saturated rings. The lowest BCUT2D eigenvalue weighted by Crippen LogP contribution is -1.91. The Hall–Kier alpha value is -2.88. The molecule has 0 aliphatic carbocycles. The molecule has 2 N–H and O–H groups in total. The highest BCUT2D eigenvalue weighted by Crippen LogP contribution is 2.23. The SMILES string of the molecule is COc1ccc(-c2cncc(-c3ccc(N)cc3)n2)cc1. The first-order valence-corrected chi connectivity index (χ1v) is 6.58. The lowest BCUT2D eigenvalue weighted by Gasteiger charge is -2.06. The van der Waals surface area contributed by atoms with Crippen molar-refractivity contribution >= 4 is 5.69 Å². The van der Waals surface area contributed by atoms with E-state index >= 15 is 0 Å². The molecular weight excluding hydrogens is 262 g/mol. The van der Waals surface area contributed by atoms with Crippen LogP contribution >= 0.6 is 0 Å². The number of rotatable bonds is 3. The predicted octanol–water partition coefficient (Wildman–Crippen LogP) is 3.40. The summed E-state index contributed by atoms with van der Waals surface area (Å²) in [5, 5.41) is 0. The highest BCUT2D eigenvalue weighted by atomic mass is 16.5. The van der Waals surface area contributed by atoms with Gasteiger partial charge in [-0.25, -0.2) is 4.98 Å². The van der Waals surface area contributed by atoms with Crippen LogP contribution in [0.4, 0.5) is 5.69 Å². The van der Waals surface area contributed by atoms with Gasteiger partial charge in [-0.3, -0.25) is 4.98 Å². The molecule has 0 aliphatic heterocycles. The molecule has 0 atom stereocenters. The summed E-state index contributed by atoms with van der Waals surface area (Å²) in [4.78, 5) is 8.93. The van der Waals surface area contributed by atoms with Gasteiger partial charge in [-0.05, 0) is 36.4 Å². The Balaban J connectivity index is 1.97. The molecule has 0 aliphatic rings. The number of anilines is 1. The van der Waals surface area contributed by atoms with Crippen LogP contribution in [0.2, 0.25) is 0 Å². The van der Waals surface area contributed by atoms with Gasteiger partial charge in [0.1, 0.15) is 5.75 Å². The Bertz CT molecular complexity index is 737. The number of hydrogen-bond donors (Lipinski definition) is 1. The molecule has 4 heteroatoms. The quantitative estimate of drug-likeness (QED) is 0.745. The molecule has 21 heavy (non-hydrogen) atoms. The minimum atomic E-state index is 0.734. The van der Waals surface area contributed by atoms with Crippen molar-refractivity contribution < 1.29 is 4.74 Å². The molecule has 2 aromatic carbocycles. The third-order valence-corrected chi connectivity index (χ3v) is 3.23. The largest absolute Gasteiger partial charge is 0.497 e. The van der Waals surface area contributed by atoms with E-state index in [1.807, 2.05) is 48.5 Å². The van der Waals surface area contributed by atoms with Gasteiger partial charge in [0.2, 0.25) is 0 Å². The summed E-state index contributed by atoms with van der Waals surface area (Å²) in [5.74, 6) is 0.821. The van der Waals surface area contributed by atoms with Crippen molar-refractivity contribution in [2.24, 2.45) is 0 Å². The third-order valence-electron chi connectivity index (χ3n) is 3.23. The zero-order valence-corrected chi connectivity index (χ0v) is 11.7. The van der Waals surface area contributed by atoms with E-state index in [2.05, 4.69) is 9.97 Å². The first-order valence-electron chi connectivity index (χ1n) is 6.58. The van der Waals surface area contributed by atoms with Gasteiger partial charge < -0.3 is 10.5 Å². The van der Waals surface area contributed by atoms with E-state index in [1.54, 1.807) is 19.5 Å². The zero-order chi connectivity index (χ0) is 14.7. The molecule has 1 aromatic heterocycles. The van der Waals surface area contributed by atoms with Crippen molar-refractivity contribution in [2.75, 3.05) is 12.8 Å². The Labute approximate surface area is 123 Å². The Morgan fingerprint density at radius 3 is 1.86 bits per heavy atom. The van der Waals surface area contributed by atoms with Gasteiger partial charge in [0.05, 0.1) is 30.9 Å². The molecule has 3 rings (SSSR count). The fourth-order valence-corrected chi connectivity index (χ4v) is 2.06. The van der Waals surface area contributed by atoms with E-state index in [0.29, 0.717) is 0 Å². The van der Waals surface area contributed by atoms with Crippen molar-refractivity contribution in [1.29, 1.82) is 0 Å². The minimum absolute atomic E-state index is 0.734. The summed E-state index contributed by atoms with van der Waals surface area (Å²) in [6.45, 7) is 0. The average Bonchev–Trinajstić information content (AvgIpc) is 2.56. The molecule has 0 spiro atoms. The summed E-state index contributed by atoms with van der Waals surface area (Å²) in [7, 11) is 1.65. The number of hydrogen-bond acceptors (Lipinski definition) is 4. The second-order valence-electron chi connectivity index (χ2n) is 4.64. The molecular formula is C17H15N3O. The van der Waals surface area contributed by atoms with Gasteiger partial charge in [-0.2, -0.15) is 0 Å². The van der Waals surface area contributed by atoms with Crippen molar-refractivity contribution in [3.8, 4) is 28.3 Å². The fourth-order valence-electron chi connectivity index (χ4n) is 2.06. The molecule has 104 valence electrons. The van der Waals surface area contributed by atoms with Crippen molar-refractivity contribution in [3.63, 3.8) is 0 Å². The van der Waals surface area contributed by atoms with Crippen molar-refractivity contribution in [3.05, 3.63) is 60.9 Å². The molecule has 1 heterocycles. The second-order valence-corrected chi connectivity index (χ2v) is 4.64. The molecule has 4 nitrogen and oxygen atoms in total. The van der Waals surface area contributed by atoms with Crippen molar-refractivity contribution in [2.45, 2.75) is 0 Å². The van der Waals surface area contributed by atoms with Gasteiger partial charge in [0.15, 0.2) is 0 Å². The van der Waals surface area contributed by atoms with E-state index in [1.165, 1.54) is 0 Å². The van der Waals surface area contributed by atoms with Gasteiger partial charge >= 0.3 is 0 Å². The summed E-state index contributed by atoms with van der Waals surface area (Å²) < 4.78 is 5.16. The molecule has 0 amide bonds. The van der Waals surface area contributed by atoms with Crippen LogP contribution in [-0.4, -0.2) is 17.1 Å². The number of aromatic nitrogens is 2. The van der Waals surface area contributed by atoms with Gasteiger partial charge in [0.25, 0.3) is 0 Å². The minimum Gasteiger partial charge on any atom is -0.497 e. The van der Waals surface area contributed by atoms with E-state index in [0.717, 1.165) is 34.0 Å². The fraction of sp³-hybridized carbons (Fsp3) is 0.0588. The van der Waals surface area contributed by atoms with Crippen molar-refractivity contribution in [1.82, 2.24) is 9.97 Å². The number of nitrogens with zero attached hydrogens (tertiary/aromatic N) is 2. The molecule has 0 saturated heterocycles. The maximum absolute atomic E-state index is 5.71. The number of nitrogen functional groups attached to an aromatic ring is 1. The molecule has 3 aromatic rings. The number of benzene rings is 2. The highest BCUT2D eigenvalue weighted by Gasteiger charge is 2.04. The van der Waals surface area contributed by atoms with E-state index in [4.69, 9.17) is 10.5 Å². The van der Waals surface area contributed by atoms with Crippen LogP contribution in [0.3, 0.4) is 0 Å². The lowest BCUT2D eigenvalue weighted by molar-refractivity contribution is 0.415. The number of methoxy groups -OCH3 is 1. The predicted molar refractivity (Wildman–Crippen MR) is 83.9 cm³/mol. The molecule has 0 radical (unpaired) electrons. The average molecular weight is 277 g/mol. The van der Waals surface area contributed by atoms with Crippen LogP contribution in [-0.2, 0) is 0 Å². The molecule has 0 saturated carbocycles. The van der Waals surface area contributed by atoms with E-state index < -0.39 is 0 Å².